The molecular formula is C24H28N2O2. The van der Waals surface area contributed by atoms with Crippen LogP contribution >= 0.6 is 0 Å². The first-order valence-corrected chi connectivity index (χ1v) is 9.78. The number of ether oxygens (including phenoxy) is 1. The van der Waals surface area contributed by atoms with E-state index >= 15 is 0 Å². The van der Waals surface area contributed by atoms with Crippen LogP contribution < -0.4 is 5.32 Å². The van der Waals surface area contributed by atoms with E-state index in [9.17, 15) is 4.79 Å². The molecule has 0 fully saturated rings. The van der Waals surface area contributed by atoms with Gasteiger partial charge in [0, 0.05) is 24.5 Å². The number of benzene rings is 2. The third-order valence-electron chi connectivity index (χ3n) is 4.46. The maximum absolute atomic E-state index is 11.6. The zero-order valence-electron chi connectivity index (χ0n) is 16.9. The summed E-state index contributed by atoms with van der Waals surface area (Å²) >= 11 is 0. The van der Waals surface area contributed by atoms with Crippen LogP contribution in [0.25, 0.3) is 10.8 Å². The molecule has 1 amide bonds. The van der Waals surface area contributed by atoms with E-state index in [1.165, 1.54) is 21.9 Å². The lowest BCUT2D eigenvalue weighted by atomic mass is 10.0. The van der Waals surface area contributed by atoms with E-state index in [1.807, 2.05) is 33.0 Å². The minimum atomic E-state index is -0.459. The second kappa shape index (κ2) is 8.87. The van der Waals surface area contributed by atoms with Gasteiger partial charge in [-0.3, -0.25) is 4.98 Å². The topological polar surface area (TPSA) is 51.2 Å². The molecule has 0 radical (unpaired) electrons. The summed E-state index contributed by atoms with van der Waals surface area (Å²) in [6, 6.07) is 19.1. The van der Waals surface area contributed by atoms with E-state index in [4.69, 9.17) is 4.74 Å². The Bertz CT molecular complexity index is 922. The molecule has 28 heavy (non-hydrogen) atoms. The Hall–Kier alpha value is -2.88. The summed E-state index contributed by atoms with van der Waals surface area (Å²) in [7, 11) is 0. The third-order valence-corrected chi connectivity index (χ3v) is 4.46. The molecule has 3 aromatic rings. The van der Waals surface area contributed by atoms with E-state index in [-0.39, 0.29) is 6.09 Å². The second-order valence-corrected chi connectivity index (χ2v) is 8.00. The molecule has 0 atom stereocenters. The smallest absolute Gasteiger partial charge is 0.407 e. The quantitative estimate of drug-likeness (QED) is 0.595. The van der Waals surface area contributed by atoms with Crippen molar-refractivity contribution >= 4 is 16.9 Å². The van der Waals surface area contributed by atoms with Crippen molar-refractivity contribution in [1.82, 2.24) is 10.3 Å². The Morgan fingerprint density at radius 2 is 1.71 bits per heavy atom. The second-order valence-electron chi connectivity index (χ2n) is 8.00. The first-order valence-electron chi connectivity index (χ1n) is 9.78. The molecule has 4 nitrogen and oxygen atoms in total. The van der Waals surface area contributed by atoms with Crippen LogP contribution in [-0.2, 0) is 17.6 Å². The molecular weight excluding hydrogens is 348 g/mol. The van der Waals surface area contributed by atoms with Crippen molar-refractivity contribution in [2.45, 2.75) is 45.6 Å². The summed E-state index contributed by atoms with van der Waals surface area (Å²) < 4.78 is 5.24. The highest BCUT2D eigenvalue weighted by Crippen LogP contribution is 2.19. The Kier molecular flexibility index (Phi) is 6.30. The Labute approximate surface area is 166 Å². The summed E-state index contributed by atoms with van der Waals surface area (Å²) in [5, 5.41) is 5.24. The molecule has 3 rings (SSSR count). The van der Waals surface area contributed by atoms with Gasteiger partial charge in [0.25, 0.3) is 0 Å². The van der Waals surface area contributed by atoms with Crippen molar-refractivity contribution in [2.24, 2.45) is 0 Å². The van der Waals surface area contributed by atoms with Crippen molar-refractivity contribution in [3.63, 3.8) is 0 Å². The van der Waals surface area contributed by atoms with E-state index in [1.54, 1.807) is 0 Å². The van der Waals surface area contributed by atoms with Crippen LogP contribution in [0.5, 0.6) is 0 Å². The molecule has 0 spiro atoms. The monoisotopic (exact) mass is 376 g/mol. The fourth-order valence-electron chi connectivity index (χ4n) is 3.14. The molecule has 4 heteroatoms. The van der Waals surface area contributed by atoms with Crippen LogP contribution in [0.3, 0.4) is 0 Å². The Morgan fingerprint density at radius 3 is 2.46 bits per heavy atom. The van der Waals surface area contributed by atoms with Gasteiger partial charge >= 0.3 is 6.09 Å². The number of nitrogens with zero attached hydrogens (tertiary/aromatic N) is 1. The predicted octanol–water partition coefficient (Wildman–Crippen LogP) is 5.28. The largest absolute Gasteiger partial charge is 0.444 e. The summed E-state index contributed by atoms with van der Waals surface area (Å²) in [5.74, 6) is 0. The zero-order valence-corrected chi connectivity index (χ0v) is 16.9. The Morgan fingerprint density at radius 1 is 1.00 bits per heavy atom. The highest BCUT2D eigenvalue weighted by atomic mass is 16.6. The average Bonchev–Trinajstić information content (AvgIpc) is 2.65. The number of aromatic nitrogens is 1. The van der Waals surface area contributed by atoms with Gasteiger partial charge in [0.15, 0.2) is 0 Å². The number of hydrogen-bond acceptors (Lipinski definition) is 3. The lowest BCUT2D eigenvalue weighted by Crippen LogP contribution is -2.33. The van der Waals surface area contributed by atoms with E-state index in [0.29, 0.717) is 6.54 Å². The van der Waals surface area contributed by atoms with Crippen molar-refractivity contribution in [1.29, 1.82) is 0 Å². The van der Waals surface area contributed by atoms with Gasteiger partial charge < -0.3 is 10.1 Å². The standard InChI is InChI=1S/C24H28N2O2/c1-24(2,3)28-23(27)26-15-6-7-18-10-12-19(13-11-18)17-22-21-9-5-4-8-20(21)14-16-25-22/h4-5,8-14,16H,6-7,15,17H2,1-3H3,(H,26,27). The van der Waals surface area contributed by atoms with Gasteiger partial charge in [0.2, 0.25) is 0 Å². The van der Waals surface area contributed by atoms with Crippen LogP contribution in [0.15, 0.2) is 60.8 Å². The van der Waals surface area contributed by atoms with E-state index in [0.717, 1.165) is 25.0 Å². The number of rotatable bonds is 6. The van der Waals surface area contributed by atoms with Gasteiger partial charge in [-0.1, -0.05) is 48.5 Å². The molecule has 0 bridgehead atoms. The van der Waals surface area contributed by atoms with Gasteiger partial charge in [-0.15, -0.1) is 0 Å². The fraction of sp³-hybridized carbons (Fsp3) is 0.333. The molecule has 0 unspecified atom stereocenters. The number of fused-ring (bicyclic) bond motifs is 1. The minimum absolute atomic E-state index is 0.356. The molecule has 0 saturated heterocycles. The highest BCUT2D eigenvalue weighted by Gasteiger charge is 2.15. The highest BCUT2D eigenvalue weighted by molar-refractivity contribution is 5.84. The first-order chi connectivity index (χ1) is 13.4. The number of nitrogens with one attached hydrogen (secondary N) is 1. The molecule has 1 aromatic heterocycles. The Balaban J connectivity index is 1.50. The molecule has 0 aliphatic carbocycles. The molecule has 1 N–H and O–H groups in total. The summed E-state index contributed by atoms with van der Waals surface area (Å²) in [6.45, 7) is 6.20. The first kappa shape index (κ1) is 19.9. The SMILES string of the molecule is CC(C)(C)OC(=O)NCCCc1ccc(Cc2nccc3ccccc23)cc1. The molecule has 1 heterocycles. The minimum Gasteiger partial charge on any atom is -0.444 e. The van der Waals surface area contributed by atoms with Crippen LogP contribution in [0.2, 0.25) is 0 Å². The number of aryl methyl sites for hydroxylation is 1. The number of amides is 1. The third kappa shape index (κ3) is 5.81. The van der Waals surface area contributed by atoms with Crippen molar-refractivity contribution in [2.75, 3.05) is 6.54 Å². The van der Waals surface area contributed by atoms with Crippen molar-refractivity contribution in [3.05, 3.63) is 77.6 Å². The number of alkyl carbamates (subject to hydrolysis) is 1. The number of hydrogen-bond donors (Lipinski definition) is 1. The van der Waals surface area contributed by atoms with Crippen LogP contribution in [-0.4, -0.2) is 23.2 Å². The number of carbonyl (C=O) groups excluding carboxylic acids is 1. The van der Waals surface area contributed by atoms with E-state index < -0.39 is 5.60 Å². The lowest BCUT2D eigenvalue weighted by Gasteiger charge is -2.19. The van der Waals surface area contributed by atoms with Crippen LogP contribution in [0, 0.1) is 0 Å². The maximum atomic E-state index is 11.6. The van der Waals surface area contributed by atoms with Gasteiger partial charge in [-0.2, -0.15) is 0 Å². The summed E-state index contributed by atoms with van der Waals surface area (Å²) in [6.07, 6.45) is 4.14. The molecule has 2 aromatic carbocycles. The van der Waals surface area contributed by atoms with Crippen molar-refractivity contribution in [3.8, 4) is 0 Å². The average molecular weight is 376 g/mol. The summed E-state index contributed by atoms with van der Waals surface area (Å²) in [4.78, 5) is 16.2. The van der Waals surface area contributed by atoms with Gasteiger partial charge in [-0.25, -0.2) is 4.79 Å². The molecule has 0 saturated carbocycles. The maximum Gasteiger partial charge on any atom is 0.407 e. The fourth-order valence-corrected chi connectivity index (χ4v) is 3.14. The van der Waals surface area contributed by atoms with Gasteiger partial charge in [0.05, 0.1) is 5.69 Å². The molecule has 146 valence electrons. The summed E-state index contributed by atoms with van der Waals surface area (Å²) in [5.41, 5.74) is 3.16. The zero-order chi connectivity index (χ0) is 20.0. The predicted molar refractivity (Wildman–Crippen MR) is 114 cm³/mol. The number of pyridine rings is 1. The van der Waals surface area contributed by atoms with Gasteiger partial charge in [0.1, 0.15) is 5.60 Å². The normalized spacial score (nSPS) is 11.4. The molecule has 0 aliphatic heterocycles. The van der Waals surface area contributed by atoms with Crippen LogP contribution in [0.1, 0.15) is 44.0 Å². The van der Waals surface area contributed by atoms with Gasteiger partial charge in [-0.05, 0) is 56.2 Å². The molecule has 0 aliphatic rings. The number of carbonyl (C=O) groups is 1. The van der Waals surface area contributed by atoms with Crippen molar-refractivity contribution < 1.29 is 9.53 Å². The lowest BCUT2D eigenvalue weighted by molar-refractivity contribution is 0.0527. The van der Waals surface area contributed by atoms with Crippen LogP contribution in [0.4, 0.5) is 4.79 Å². The van der Waals surface area contributed by atoms with E-state index in [2.05, 4.69) is 58.8 Å².